The number of likely N-dealkylation sites (N-methyl/N-ethyl adjacent to an activating group) is 1. The van der Waals surface area contributed by atoms with Crippen molar-refractivity contribution in [2.45, 2.75) is 11.8 Å². The first-order chi connectivity index (χ1) is 12.5. The third-order valence-electron chi connectivity index (χ3n) is 4.54. The molecule has 6 nitrogen and oxygen atoms in total. The maximum absolute atomic E-state index is 12.9. The first kappa shape index (κ1) is 18.6. The van der Waals surface area contributed by atoms with Crippen molar-refractivity contribution in [1.29, 1.82) is 0 Å². The normalized spacial score (nSPS) is 16.3. The summed E-state index contributed by atoms with van der Waals surface area (Å²) >= 11 is 0. The summed E-state index contributed by atoms with van der Waals surface area (Å²) in [4.78, 5) is 14.7. The summed E-state index contributed by atoms with van der Waals surface area (Å²) in [5.41, 5.74) is 0.989. The number of nitrogens with zero attached hydrogens (tertiary/aromatic N) is 2. The van der Waals surface area contributed by atoms with Crippen molar-refractivity contribution in [3.63, 3.8) is 0 Å². The standard InChI is InChI=1S/C19H23N3O3S/c1-2-21-11-13-22(14-12-21)26(24,25)18-10-6-9-17(15-18)20-19(23)16-7-4-3-5-8-16/h3-10,15H,2,11-14H2,1H3,(H,20,23). The van der Waals surface area contributed by atoms with Crippen LogP contribution in [0.2, 0.25) is 0 Å². The molecule has 0 unspecified atom stereocenters. The van der Waals surface area contributed by atoms with Gasteiger partial charge in [0.2, 0.25) is 10.0 Å². The lowest BCUT2D eigenvalue weighted by atomic mass is 10.2. The Kier molecular flexibility index (Phi) is 5.70. The molecule has 2 aromatic rings. The lowest BCUT2D eigenvalue weighted by Gasteiger charge is -2.33. The molecule has 0 aliphatic carbocycles. The molecule has 1 fully saturated rings. The van der Waals surface area contributed by atoms with E-state index in [1.54, 1.807) is 42.5 Å². The van der Waals surface area contributed by atoms with Gasteiger partial charge < -0.3 is 10.2 Å². The minimum Gasteiger partial charge on any atom is -0.322 e. The molecule has 1 aliphatic rings. The Morgan fingerprint density at radius 2 is 1.69 bits per heavy atom. The zero-order valence-electron chi connectivity index (χ0n) is 14.8. The van der Waals surface area contributed by atoms with Gasteiger partial charge in [-0.15, -0.1) is 0 Å². The number of benzene rings is 2. The summed E-state index contributed by atoms with van der Waals surface area (Å²) in [6, 6.07) is 15.2. The van der Waals surface area contributed by atoms with Crippen molar-refractivity contribution in [1.82, 2.24) is 9.21 Å². The van der Waals surface area contributed by atoms with E-state index >= 15 is 0 Å². The van der Waals surface area contributed by atoms with E-state index in [4.69, 9.17) is 0 Å². The Morgan fingerprint density at radius 3 is 2.35 bits per heavy atom. The smallest absolute Gasteiger partial charge is 0.255 e. The fraction of sp³-hybridized carbons (Fsp3) is 0.316. The Balaban J connectivity index is 1.75. The molecule has 26 heavy (non-hydrogen) atoms. The highest BCUT2D eigenvalue weighted by Crippen LogP contribution is 2.21. The topological polar surface area (TPSA) is 69.7 Å². The van der Waals surface area contributed by atoms with Crippen molar-refractivity contribution in [2.75, 3.05) is 38.0 Å². The predicted octanol–water partition coefficient (Wildman–Crippen LogP) is 2.27. The molecular formula is C19H23N3O3S. The zero-order valence-corrected chi connectivity index (χ0v) is 15.6. The Labute approximate surface area is 154 Å². The molecule has 1 heterocycles. The van der Waals surface area contributed by atoms with Gasteiger partial charge >= 0.3 is 0 Å². The van der Waals surface area contributed by atoms with Crippen LogP contribution in [0, 0.1) is 0 Å². The van der Waals surface area contributed by atoms with Crippen LogP contribution in [-0.2, 0) is 10.0 Å². The summed E-state index contributed by atoms with van der Waals surface area (Å²) in [6.07, 6.45) is 0. The second-order valence-electron chi connectivity index (χ2n) is 6.19. The molecule has 2 aromatic carbocycles. The number of carbonyl (C=O) groups excluding carboxylic acids is 1. The summed E-state index contributed by atoms with van der Waals surface area (Å²) in [6.45, 7) is 5.44. The molecule has 3 rings (SSSR count). The monoisotopic (exact) mass is 373 g/mol. The molecule has 1 amide bonds. The van der Waals surface area contributed by atoms with Gasteiger partial charge in [-0.25, -0.2) is 8.42 Å². The fourth-order valence-corrected chi connectivity index (χ4v) is 4.43. The van der Waals surface area contributed by atoms with Gasteiger partial charge in [0.1, 0.15) is 0 Å². The molecule has 1 aliphatic heterocycles. The highest BCUT2D eigenvalue weighted by Gasteiger charge is 2.28. The SMILES string of the molecule is CCN1CCN(S(=O)(=O)c2cccc(NC(=O)c3ccccc3)c2)CC1. The third kappa shape index (κ3) is 4.12. The second kappa shape index (κ2) is 7.99. The maximum atomic E-state index is 12.9. The van der Waals surface area contributed by atoms with Gasteiger partial charge in [0.25, 0.3) is 5.91 Å². The number of carbonyl (C=O) groups is 1. The van der Waals surface area contributed by atoms with Crippen molar-refractivity contribution < 1.29 is 13.2 Å². The number of nitrogens with one attached hydrogen (secondary N) is 1. The van der Waals surface area contributed by atoms with E-state index in [9.17, 15) is 13.2 Å². The number of hydrogen-bond donors (Lipinski definition) is 1. The van der Waals surface area contributed by atoms with E-state index in [1.165, 1.54) is 10.4 Å². The van der Waals surface area contributed by atoms with Crippen LogP contribution >= 0.6 is 0 Å². The molecule has 0 saturated carbocycles. The van der Waals surface area contributed by atoms with Gasteiger partial charge in [-0.05, 0) is 36.9 Å². The van der Waals surface area contributed by atoms with Gasteiger partial charge in [0.05, 0.1) is 4.90 Å². The van der Waals surface area contributed by atoms with Crippen molar-refractivity contribution in [2.24, 2.45) is 0 Å². The Bertz CT molecular complexity index is 861. The van der Waals surface area contributed by atoms with Crippen LogP contribution in [0.25, 0.3) is 0 Å². The summed E-state index contributed by atoms with van der Waals surface area (Å²) in [5.74, 6) is -0.267. The summed E-state index contributed by atoms with van der Waals surface area (Å²) in [7, 11) is -3.56. The average Bonchev–Trinajstić information content (AvgIpc) is 2.69. The van der Waals surface area contributed by atoms with E-state index < -0.39 is 10.0 Å². The van der Waals surface area contributed by atoms with Crippen LogP contribution in [-0.4, -0.2) is 56.3 Å². The van der Waals surface area contributed by atoms with Crippen LogP contribution in [0.15, 0.2) is 59.5 Å². The van der Waals surface area contributed by atoms with Gasteiger partial charge in [-0.1, -0.05) is 31.2 Å². The number of anilines is 1. The molecule has 0 atom stereocenters. The Hall–Kier alpha value is -2.22. The first-order valence-electron chi connectivity index (χ1n) is 8.69. The number of sulfonamides is 1. The highest BCUT2D eigenvalue weighted by atomic mass is 32.2. The van der Waals surface area contributed by atoms with Crippen LogP contribution in [0.1, 0.15) is 17.3 Å². The van der Waals surface area contributed by atoms with Crippen LogP contribution in [0.4, 0.5) is 5.69 Å². The van der Waals surface area contributed by atoms with Gasteiger partial charge in [-0.2, -0.15) is 4.31 Å². The zero-order chi connectivity index (χ0) is 18.6. The molecule has 7 heteroatoms. The quantitative estimate of drug-likeness (QED) is 0.873. The average molecular weight is 373 g/mol. The van der Waals surface area contributed by atoms with Crippen molar-refractivity contribution >= 4 is 21.6 Å². The molecule has 0 bridgehead atoms. The van der Waals surface area contributed by atoms with E-state index in [1.807, 2.05) is 6.07 Å². The number of amides is 1. The Morgan fingerprint density at radius 1 is 1.00 bits per heavy atom. The van der Waals surface area contributed by atoms with Crippen LogP contribution in [0.3, 0.4) is 0 Å². The van der Waals surface area contributed by atoms with E-state index in [0.717, 1.165) is 19.6 Å². The van der Waals surface area contributed by atoms with Crippen LogP contribution in [0.5, 0.6) is 0 Å². The largest absolute Gasteiger partial charge is 0.322 e. The maximum Gasteiger partial charge on any atom is 0.255 e. The molecule has 0 radical (unpaired) electrons. The lowest BCUT2D eigenvalue weighted by molar-refractivity contribution is 0.102. The van der Waals surface area contributed by atoms with Crippen molar-refractivity contribution in [3.05, 3.63) is 60.2 Å². The highest BCUT2D eigenvalue weighted by molar-refractivity contribution is 7.89. The number of rotatable bonds is 5. The van der Waals surface area contributed by atoms with Gasteiger partial charge in [0.15, 0.2) is 0 Å². The summed E-state index contributed by atoms with van der Waals surface area (Å²) in [5, 5.41) is 2.76. The van der Waals surface area contributed by atoms with E-state index in [-0.39, 0.29) is 10.8 Å². The molecule has 138 valence electrons. The van der Waals surface area contributed by atoms with E-state index in [0.29, 0.717) is 24.3 Å². The van der Waals surface area contributed by atoms with Crippen molar-refractivity contribution in [3.8, 4) is 0 Å². The minimum atomic E-state index is -3.56. The third-order valence-corrected chi connectivity index (χ3v) is 6.44. The second-order valence-corrected chi connectivity index (χ2v) is 8.12. The molecule has 1 N–H and O–H groups in total. The van der Waals surface area contributed by atoms with Gasteiger partial charge in [-0.3, -0.25) is 4.79 Å². The fourth-order valence-electron chi connectivity index (χ4n) is 2.96. The minimum absolute atomic E-state index is 0.202. The molecule has 1 saturated heterocycles. The van der Waals surface area contributed by atoms with Gasteiger partial charge in [0, 0.05) is 37.4 Å². The number of hydrogen-bond acceptors (Lipinski definition) is 4. The summed E-state index contributed by atoms with van der Waals surface area (Å²) < 4.78 is 27.3. The predicted molar refractivity (Wildman–Crippen MR) is 102 cm³/mol. The number of piperazine rings is 1. The molecular weight excluding hydrogens is 350 g/mol. The molecule has 0 aromatic heterocycles. The van der Waals surface area contributed by atoms with Crippen LogP contribution < -0.4 is 5.32 Å². The lowest BCUT2D eigenvalue weighted by Crippen LogP contribution is -2.48. The molecule has 0 spiro atoms. The van der Waals surface area contributed by atoms with E-state index in [2.05, 4.69) is 17.1 Å². The first-order valence-corrected chi connectivity index (χ1v) is 10.1.